The molecule has 4 N–H and O–H groups in total. The third-order valence-corrected chi connectivity index (χ3v) is 4.08. The van der Waals surface area contributed by atoms with Gasteiger partial charge in [-0.15, -0.1) is 0 Å². The van der Waals surface area contributed by atoms with Crippen molar-refractivity contribution in [3.05, 3.63) is 59.1 Å². The van der Waals surface area contributed by atoms with Crippen molar-refractivity contribution in [2.24, 2.45) is 0 Å². The fourth-order valence-corrected chi connectivity index (χ4v) is 2.40. The van der Waals surface area contributed by atoms with E-state index >= 15 is 0 Å². The highest BCUT2D eigenvalue weighted by atomic mass is 35.5. The van der Waals surface area contributed by atoms with Gasteiger partial charge < -0.3 is 10.6 Å². The zero-order valence-electron chi connectivity index (χ0n) is 14.1. The van der Waals surface area contributed by atoms with Gasteiger partial charge in [0.1, 0.15) is 0 Å². The molecular formula is C18H19ClN4O2S. The fourth-order valence-electron chi connectivity index (χ4n) is 2.06. The second-order valence-corrected chi connectivity index (χ2v) is 6.27. The molecule has 0 bridgehead atoms. The number of thiocarbonyl (C=S) groups is 1. The van der Waals surface area contributed by atoms with E-state index in [0.717, 1.165) is 11.3 Å². The summed E-state index contributed by atoms with van der Waals surface area (Å²) in [5.74, 6) is -0.615. The third-order valence-electron chi connectivity index (χ3n) is 3.47. The van der Waals surface area contributed by atoms with E-state index in [1.807, 2.05) is 37.3 Å². The fraction of sp³-hybridized carbons (Fsp3) is 0.167. The normalized spacial score (nSPS) is 9.92. The quantitative estimate of drug-likeness (QED) is 0.464. The Hall–Kier alpha value is -2.64. The van der Waals surface area contributed by atoms with Crippen LogP contribution in [0.25, 0.3) is 0 Å². The van der Waals surface area contributed by atoms with Crippen molar-refractivity contribution < 1.29 is 9.59 Å². The first-order chi connectivity index (χ1) is 12.5. The van der Waals surface area contributed by atoms with Crippen molar-refractivity contribution in [3.8, 4) is 0 Å². The number of hydrazine groups is 1. The monoisotopic (exact) mass is 390 g/mol. The number of anilines is 2. The standard InChI is InChI=1S/C18H19ClN4O2S/c1-12-14(19)8-5-9-15(12)21-16(24)10-11-17(25)22-23-18(26)20-13-6-3-2-4-7-13/h2-9H,10-11H2,1H3,(H,21,24)(H,22,25)(H2,20,23,26). The number of para-hydroxylation sites is 1. The Morgan fingerprint density at radius 1 is 0.923 bits per heavy atom. The molecule has 0 aliphatic carbocycles. The first kappa shape index (κ1) is 19.7. The van der Waals surface area contributed by atoms with E-state index < -0.39 is 0 Å². The van der Waals surface area contributed by atoms with Crippen LogP contribution >= 0.6 is 23.8 Å². The zero-order chi connectivity index (χ0) is 18.9. The number of carbonyl (C=O) groups is 2. The molecular weight excluding hydrogens is 372 g/mol. The van der Waals surface area contributed by atoms with Gasteiger partial charge in [-0.2, -0.15) is 0 Å². The van der Waals surface area contributed by atoms with Gasteiger partial charge in [0, 0.05) is 29.2 Å². The van der Waals surface area contributed by atoms with Gasteiger partial charge in [0.2, 0.25) is 11.8 Å². The SMILES string of the molecule is Cc1c(Cl)cccc1NC(=O)CCC(=O)NNC(=S)Nc1ccccc1. The van der Waals surface area contributed by atoms with Crippen molar-refractivity contribution in [2.75, 3.05) is 10.6 Å². The average Bonchev–Trinajstić information content (AvgIpc) is 2.63. The highest BCUT2D eigenvalue weighted by Gasteiger charge is 2.10. The molecule has 136 valence electrons. The number of hydrogen-bond donors (Lipinski definition) is 4. The number of carbonyl (C=O) groups excluding carboxylic acids is 2. The van der Waals surface area contributed by atoms with E-state index in [9.17, 15) is 9.59 Å². The van der Waals surface area contributed by atoms with E-state index in [1.165, 1.54) is 0 Å². The molecule has 0 heterocycles. The third kappa shape index (κ3) is 6.34. The van der Waals surface area contributed by atoms with E-state index in [-0.39, 0.29) is 29.8 Å². The Balaban J connectivity index is 1.70. The number of hydrogen-bond acceptors (Lipinski definition) is 3. The molecule has 0 fully saturated rings. The molecule has 0 saturated heterocycles. The predicted molar refractivity (Wildman–Crippen MR) is 108 cm³/mol. The van der Waals surface area contributed by atoms with Crippen LogP contribution in [0.1, 0.15) is 18.4 Å². The van der Waals surface area contributed by atoms with Crippen molar-refractivity contribution in [1.29, 1.82) is 0 Å². The van der Waals surface area contributed by atoms with Gasteiger partial charge in [0.05, 0.1) is 0 Å². The number of halogens is 1. The average molecular weight is 391 g/mol. The van der Waals surface area contributed by atoms with Crippen LogP contribution in [0.4, 0.5) is 11.4 Å². The highest BCUT2D eigenvalue weighted by Crippen LogP contribution is 2.23. The Labute approximate surface area is 162 Å². The molecule has 0 aliphatic heterocycles. The number of benzene rings is 2. The minimum atomic E-state index is -0.347. The lowest BCUT2D eigenvalue weighted by Gasteiger charge is -2.12. The molecule has 6 nitrogen and oxygen atoms in total. The first-order valence-electron chi connectivity index (χ1n) is 7.91. The summed E-state index contributed by atoms with van der Waals surface area (Å²) in [4.78, 5) is 23.8. The summed E-state index contributed by atoms with van der Waals surface area (Å²) in [5, 5.41) is 6.49. The zero-order valence-corrected chi connectivity index (χ0v) is 15.7. The van der Waals surface area contributed by atoms with Crippen molar-refractivity contribution >= 4 is 52.1 Å². The number of amides is 2. The van der Waals surface area contributed by atoms with Crippen molar-refractivity contribution in [3.63, 3.8) is 0 Å². The lowest BCUT2D eigenvalue weighted by molar-refractivity contribution is -0.124. The second kappa shape index (κ2) is 9.74. The number of rotatable bonds is 5. The summed E-state index contributed by atoms with van der Waals surface area (Å²) in [7, 11) is 0. The second-order valence-electron chi connectivity index (χ2n) is 5.45. The molecule has 0 radical (unpaired) electrons. The first-order valence-corrected chi connectivity index (χ1v) is 8.70. The van der Waals surface area contributed by atoms with Gasteiger partial charge in [-0.3, -0.25) is 20.4 Å². The summed E-state index contributed by atoms with van der Waals surface area (Å²) in [5.41, 5.74) is 7.26. The largest absolute Gasteiger partial charge is 0.331 e. The van der Waals surface area contributed by atoms with Crippen LogP contribution in [0.3, 0.4) is 0 Å². The topological polar surface area (TPSA) is 82.3 Å². The number of nitrogens with one attached hydrogen (secondary N) is 4. The maximum atomic E-state index is 12.0. The molecule has 2 amide bonds. The van der Waals surface area contributed by atoms with E-state index in [1.54, 1.807) is 18.2 Å². The van der Waals surface area contributed by atoms with Gasteiger partial charge in [-0.1, -0.05) is 35.9 Å². The van der Waals surface area contributed by atoms with Crippen LogP contribution in [-0.4, -0.2) is 16.9 Å². The molecule has 0 aromatic heterocycles. The predicted octanol–water partition coefficient (Wildman–Crippen LogP) is 3.38. The molecule has 0 saturated carbocycles. The van der Waals surface area contributed by atoms with Crippen molar-refractivity contribution in [1.82, 2.24) is 10.9 Å². The Morgan fingerprint density at radius 3 is 2.35 bits per heavy atom. The van der Waals surface area contributed by atoms with Crippen LogP contribution < -0.4 is 21.5 Å². The van der Waals surface area contributed by atoms with Gasteiger partial charge in [-0.25, -0.2) is 0 Å². The minimum absolute atomic E-state index is 0.0202. The van der Waals surface area contributed by atoms with Crippen LogP contribution in [-0.2, 0) is 9.59 Å². The summed E-state index contributed by atoms with van der Waals surface area (Å²) >= 11 is 11.1. The molecule has 0 unspecified atom stereocenters. The Kier molecular flexibility index (Phi) is 7.37. The summed E-state index contributed by atoms with van der Waals surface area (Å²) in [6, 6.07) is 14.6. The van der Waals surface area contributed by atoms with E-state index in [4.69, 9.17) is 23.8 Å². The maximum absolute atomic E-state index is 12.0. The Bertz CT molecular complexity index is 799. The van der Waals surface area contributed by atoms with Crippen LogP contribution in [0, 0.1) is 6.92 Å². The molecule has 0 aliphatic rings. The van der Waals surface area contributed by atoms with Crippen molar-refractivity contribution in [2.45, 2.75) is 19.8 Å². The van der Waals surface area contributed by atoms with Crippen LogP contribution in [0.2, 0.25) is 5.02 Å². The lowest BCUT2D eigenvalue weighted by Crippen LogP contribution is -2.43. The maximum Gasteiger partial charge on any atom is 0.238 e. The van der Waals surface area contributed by atoms with Crippen LogP contribution in [0.15, 0.2) is 48.5 Å². The molecule has 2 aromatic rings. The summed E-state index contributed by atoms with van der Waals surface area (Å²) in [6.07, 6.45) is 0.0603. The molecule has 8 heteroatoms. The van der Waals surface area contributed by atoms with Gasteiger partial charge in [0.25, 0.3) is 0 Å². The molecule has 0 atom stereocenters. The molecule has 0 spiro atoms. The van der Waals surface area contributed by atoms with Gasteiger partial charge in [-0.05, 0) is 49.0 Å². The van der Waals surface area contributed by atoms with Gasteiger partial charge in [0.15, 0.2) is 5.11 Å². The molecule has 2 aromatic carbocycles. The minimum Gasteiger partial charge on any atom is -0.331 e. The molecule has 26 heavy (non-hydrogen) atoms. The summed E-state index contributed by atoms with van der Waals surface area (Å²) in [6.45, 7) is 1.81. The van der Waals surface area contributed by atoms with E-state index in [2.05, 4.69) is 21.5 Å². The summed E-state index contributed by atoms with van der Waals surface area (Å²) < 4.78 is 0. The van der Waals surface area contributed by atoms with Gasteiger partial charge >= 0.3 is 0 Å². The Morgan fingerprint density at radius 2 is 1.62 bits per heavy atom. The van der Waals surface area contributed by atoms with E-state index in [0.29, 0.717) is 10.7 Å². The lowest BCUT2D eigenvalue weighted by atomic mass is 10.2. The smallest absolute Gasteiger partial charge is 0.238 e. The van der Waals surface area contributed by atoms with Crippen LogP contribution in [0.5, 0.6) is 0 Å². The molecule has 2 rings (SSSR count). The highest BCUT2D eigenvalue weighted by molar-refractivity contribution is 7.80.